The Bertz CT molecular complexity index is 877. The summed E-state index contributed by atoms with van der Waals surface area (Å²) in [7, 11) is 0. The molecule has 0 spiro atoms. The Morgan fingerprint density at radius 3 is 2.74 bits per heavy atom. The summed E-state index contributed by atoms with van der Waals surface area (Å²) < 4.78 is 1.89. The van der Waals surface area contributed by atoms with Gasteiger partial charge in [-0.05, 0) is 24.3 Å². The van der Waals surface area contributed by atoms with Crippen molar-refractivity contribution in [2.75, 3.05) is 0 Å². The minimum absolute atomic E-state index is 0.123. The molecule has 0 amide bonds. The number of fused-ring (bicyclic) bond motifs is 1. The van der Waals surface area contributed by atoms with E-state index in [1.165, 1.54) is 0 Å². The molecule has 0 radical (unpaired) electrons. The molecule has 0 unspecified atom stereocenters. The first-order valence-electron chi connectivity index (χ1n) is 7.52. The molecule has 0 aliphatic carbocycles. The predicted octanol–water partition coefficient (Wildman–Crippen LogP) is 2.87. The Hall–Kier alpha value is -3.00. The number of pyridine rings is 1. The number of benzene rings is 1. The van der Waals surface area contributed by atoms with Crippen LogP contribution in [-0.4, -0.2) is 20.3 Å². The van der Waals surface area contributed by atoms with Crippen molar-refractivity contribution in [2.45, 2.75) is 25.8 Å². The molecule has 1 atom stereocenters. The van der Waals surface area contributed by atoms with Crippen LogP contribution in [-0.2, 0) is 17.8 Å². The molecule has 0 saturated heterocycles. The van der Waals surface area contributed by atoms with Gasteiger partial charge < -0.3 is 4.57 Å². The topological polar surface area (TPSA) is 71.6 Å². The second-order valence-corrected chi connectivity index (χ2v) is 5.24. The van der Waals surface area contributed by atoms with Gasteiger partial charge in [-0.2, -0.15) is 5.26 Å². The number of aryl methyl sites for hydroxylation is 1. The van der Waals surface area contributed by atoms with Gasteiger partial charge in [0.05, 0.1) is 29.3 Å². The molecule has 0 aliphatic rings. The molecule has 0 fully saturated rings. The maximum absolute atomic E-state index is 12.6. The van der Waals surface area contributed by atoms with Crippen molar-refractivity contribution >= 4 is 16.8 Å². The van der Waals surface area contributed by atoms with Gasteiger partial charge in [-0.15, -0.1) is 0 Å². The number of para-hydroxylation sites is 2. The maximum atomic E-state index is 12.6. The number of hydrogen-bond acceptors (Lipinski definition) is 4. The van der Waals surface area contributed by atoms with Crippen LogP contribution in [0.3, 0.4) is 0 Å². The summed E-state index contributed by atoms with van der Waals surface area (Å²) in [5.41, 5.74) is 2.27. The Morgan fingerprint density at radius 1 is 1.26 bits per heavy atom. The fraction of sp³-hybridized carbons (Fsp3) is 0.222. The largest absolute Gasteiger partial charge is 0.320 e. The van der Waals surface area contributed by atoms with Gasteiger partial charge in [-0.1, -0.05) is 25.1 Å². The quantitative estimate of drug-likeness (QED) is 0.726. The fourth-order valence-corrected chi connectivity index (χ4v) is 2.67. The lowest BCUT2D eigenvalue weighted by Crippen LogP contribution is -2.19. The minimum Gasteiger partial charge on any atom is -0.320 e. The highest BCUT2D eigenvalue weighted by molar-refractivity contribution is 5.89. The van der Waals surface area contributed by atoms with Gasteiger partial charge in [0.25, 0.3) is 0 Å². The van der Waals surface area contributed by atoms with E-state index in [-0.39, 0.29) is 12.3 Å². The smallest absolute Gasteiger partial charge is 0.175 e. The van der Waals surface area contributed by atoms with E-state index in [0.29, 0.717) is 5.69 Å². The zero-order valence-electron chi connectivity index (χ0n) is 12.8. The summed E-state index contributed by atoms with van der Waals surface area (Å²) in [5.74, 6) is -0.191. The molecule has 5 heteroatoms. The number of Topliss-reactive ketones (excluding diaryl/α,β-unsaturated/α-hetero) is 1. The van der Waals surface area contributed by atoms with E-state index < -0.39 is 5.92 Å². The first-order valence-corrected chi connectivity index (χ1v) is 7.52. The van der Waals surface area contributed by atoms with E-state index in [4.69, 9.17) is 0 Å². The van der Waals surface area contributed by atoms with Gasteiger partial charge in [0.1, 0.15) is 11.7 Å². The molecule has 114 valence electrons. The van der Waals surface area contributed by atoms with Crippen LogP contribution < -0.4 is 0 Å². The first-order chi connectivity index (χ1) is 11.2. The summed E-state index contributed by atoms with van der Waals surface area (Å²) in [4.78, 5) is 21.3. The number of carbonyl (C=O) groups is 1. The highest BCUT2D eigenvalue weighted by Crippen LogP contribution is 2.19. The molecule has 5 nitrogen and oxygen atoms in total. The fourth-order valence-electron chi connectivity index (χ4n) is 2.67. The Morgan fingerprint density at radius 2 is 2.04 bits per heavy atom. The molecule has 2 heterocycles. The van der Waals surface area contributed by atoms with Crippen LogP contribution in [0.5, 0.6) is 0 Å². The average Bonchev–Trinajstić information content (AvgIpc) is 2.94. The molecule has 23 heavy (non-hydrogen) atoms. The van der Waals surface area contributed by atoms with Crippen LogP contribution in [0.1, 0.15) is 24.4 Å². The molecule has 3 rings (SSSR count). The third-order valence-corrected chi connectivity index (χ3v) is 3.80. The molecule has 0 saturated carbocycles. The SMILES string of the molecule is CCc1nc2ccccc2n1CC(=O)[C@@H](C#N)c1ccccn1. The van der Waals surface area contributed by atoms with Crippen LogP contribution in [0.2, 0.25) is 0 Å². The third kappa shape index (κ3) is 2.84. The zero-order chi connectivity index (χ0) is 16.2. The van der Waals surface area contributed by atoms with Crippen molar-refractivity contribution in [1.29, 1.82) is 5.26 Å². The number of rotatable bonds is 5. The normalized spacial score (nSPS) is 12.0. The van der Waals surface area contributed by atoms with Crippen molar-refractivity contribution in [2.24, 2.45) is 0 Å². The number of ketones is 1. The predicted molar refractivity (Wildman–Crippen MR) is 86.7 cm³/mol. The van der Waals surface area contributed by atoms with Gasteiger partial charge in [0, 0.05) is 12.6 Å². The van der Waals surface area contributed by atoms with Gasteiger partial charge >= 0.3 is 0 Å². The highest BCUT2D eigenvalue weighted by Gasteiger charge is 2.23. The number of imidazole rings is 1. The second-order valence-electron chi connectivity index (χ2n) is 5.24. The van der Waals surface area contributed by atoms with Crippen LogP contribution in [0.4, 0.5) is 0 Å². The lowest BCUT2D eigenvalue weighted by atomic mass is 10.0. The maximum Gasteiger partial charge on any atom is 0.175 e. The number of nitrogens with zero attached hydrogens (tertiary/aromatic N) is 4. The zero-order valence-corrected chi connectivity index (χ0v) is 12.8. The third-order valence-electron chi connectivity index (χ3n) is 3.80. The van der Waals surface area contributed by atoms with E-state index in [2.05, 4.69) is 16.0 Å². The van der Waals surface area contributed by atoms with Crippen LogP contribution in [0, 0.1) is 11.3 Å². The number of nitriles is 1. The van der Waals surface area contributed by atoms with Gasteiger partial charge in [-0.3, -0.25) is 9.78 Å². The van der Waals surface area contributed by atoms with Crippen LogP contribution >= 0.6 is 0 Å². The van der Waals surface area contributed by atoms with Gasteiger partial charge in [0.15, 0.2) is 5.78 Å². The summed E-state index contributed by atoms with van der Waals surface area (Å²) in [6.45, 7) is 2.13. The Labute approximate surface area is 134 Å². The first kappa shape index (κ1) is 14.9. The average molecular weight is 304 g/mol. The molecule has 0 N–H and O–H groups in total. The lowest BCUT2D eigenvalue weighted by molar-refractivity contribution is -0.119. The van der Waals surface area contributed by atoms with Gasteiger partial charge in [0.2, 0.25) is 0 Å². The number of hydrogen-bond donors (Lipinski definition) is 0. The summed E-state index contributed by atoms with van der Waals surface area (Å²) in [6, 6.07) is 15.0. The Kier molecular flexibility index (Phi) is 4.15. The van der Waals surface area contributed by atoms with E-state index >= 15 is 0 Å². The number of aromatic nitrogens is 3. The number of carbonyl (C=O) groups excluding carboxylic acids is 1. The molecule has 3 aromatic rings. The Balaban J connectivity index is 1.95. The van der Waals surface area contributed by atoms with E-state index in [1.54, 1.807) is 24.4 Å². The van der Waals surface area contributed by atoms with E-state index in [0.717, 1.165) is 23.3 Å². The van der Waals surface area contributed by atoms with Crippen molar-refractivity contribution in [1.82, 2.24) is 14.5 Å². The molecule has 0 aliphatic heterocycles. The summed E-state index contributed by atoms with van der Waals surface area (Å²) in [5, 5.41) is 9.38. The lowest BCUT2D eigenvalue weighted by Gasteiger charge is -2.11. The van der Waals surface area contributed by atoms with Crippen molar-refractivity contribution < 1.29 is 4.79 Å². The summed E-state index contributed by atoms with van der Waals surface area (Å²) >= 11 is 0. The standard InChI is InChI=1S/C18H16N4O/c1-2-18-21-15-8-3-4-9-16(15)22(18)12-17(23)13(11-19)14-7-5-6-10-20-14/h3-10,13H,2,12H2,1H3/t13-/m0/s1. The minimum atomic E-state index is -0.859. The molecule has 0 bridgehead atoms. The molecular formula is C18H16N4O. The monoisotopic (exact) mass is 304 g/mol. The van der Waals surface area contributed by atoms with Crippen LogP contribution in [0.25, 0.3) is 11.0 Å². The van der Waals surface area contributed by atoms with E-state index in [1.807, 2.05) is 35.8 Å². The van der Waals surface area contributed by atoms with Crippen molar-refractivity contribution in [3.8, 4) is 6.07 Å². The van der Waals surface area contributed by atoms with Crippen molar-refractivity contribution in [3.63, 3.8) is 0 Å². The van der Waals surface area contributed by atoms with E-state index in [9.17, 15) is 10.1 Å². The second kappa shape index (κ2) is 6.41. The molecule has 2 aromatic heterocycles. The van der Waals surface area contributed by atoms with Gasteiger partial charge in [-0.25, -0.2) is 4.98 Å². The highest BCUT2D eigenvalue weighted by atomic mass is 16.1. The summed E-state index contributed by atoms with van der Waals surface area (Å²) in [6.07, 6.45) is 2.32. The van der Waals surface area contributed by atoms with Crippen LogP contribution in [0.15, 0.2) is 48.7 Å². The molecular weight excluding hydrogens is 288 g/mol. The van der Waals surface area contributed by atoms with Crippen molar-refractivity contribution in [3.05, 3.63) is 60.2 Å². The molecule has 1 aromatic carbocycles.